The van der Waals surface area contributed by atoms with Crippen LogP contribution in [0.2, 0.25) is 0 Å². The van der Waals surface area contributed by atoms with Crippen molar-refractivity contribution >= 4 is 10.2 Å². The molecule has 0 aromatic heterocycles. The lowest BCUT2D eigenvalue weighted by Gasteiger charge is -2.24. The van der Waals surface area contributed by atoms with Crippen LogP contribution in [0.3, 0.4) is 0 Å². The van der Waals surface area contributed by atoms with Crippen molar-refractivity contribution in [2.75, 3.05) is 33.2 Å². The van der Waals surface area contributed by atoms with Crippen molar-refractivity contribution in [3.63, 3.8) is 0 Å². The van der Waals surface area contributed by atoms with Gasteiger partial charge in [-0.25, -0.2) is 4.72 Å². The first-order chi connectivity index (χ1) is 8.79. The average molecular weight is 293 g/mol. The smallest absolute Gasteiger partial charge is 0.279 e. The van der Waals surface area contributed by atoms with E-state index in [0.29, 0.717) is 38.0 Å². The number of rotatable bonds is 11. The van der Waals surface area contributed by atoms with Crippen molar-refractivity contribution in [1.29, 1.82) is 0 Å². The molecule has 0 saturated heterocycles. The van der Waals surface area contributed by atoms with Gasteiger partial charge in [0.2, 0.25) is 0 Å². The molecular weight excluding hydrogens is 262 g/mol. The Morgan fingerprint density at radius 1 is 0.947 bits per heavy atom. The minimum atomic E-state index is -3.34. The molecule has 0 unspecified atom stereocenters. The number of nitrogens with zero attached hydrogens (tertiary/aromatic N) is 1. The third-order valence-corrected chi connectivity index (χ3v) is 4.52. The molecule has 0 aromatic rings. The zero-order valence-electron chi connectivity index (χ0n) is 13.1. The summed E-state index contributed by atoms with van der Waals surface area (Å²) < 4.78 is 28.7. The first-order valence-corrected chi connectivity index (χ1v) is 8.63. The van der Waals surface area contributed by atoms with E-state index in [1.54, 1.807) is 4.31 Å². The van der Waals surface area contributed by atoms with Gasteiger partial charge in [0.1, 0.15) is 0 Å². The van der Waals surface area contributed by atoms with Gasteiger partial charge in [-0.05, 0) is 31.7 Å². The van der Waals surface area contributed by atoms with E-state index in [4.69, 9.17) is 0 Å². The van der Waals surface area contributed by atoms with Crippen LogP contribution in [0.4, 0.5) is 0 Å². The summed E-state index contributed by atoms with van der Waals surface area (Å²) in [5.41, 5.74) is 0. The minimum Gasteiger partial charge on any atom is -0.318 e. The summed E-state index contributed by atoms with van der Waals surface area (Å²) >= 11 is 0. The van der Waals surface area contributed by atoms with Crippen molar-refractivity contribution in [3.05, 3.63) is 0 Å². The molecule has 0 aliphatic carbocycles. The van der Waals surface area contributed by atoms with Crippen LogP contribution in [0.25, 0.3) is 0 Å². The average Bonchev–Trinajstić information content (AvgIpc) is 2.27. The zero-order chi connectivity index (χ0) is 14.9. The summed E-state index contributed by atoms with van der Waals surface area (Å²) in [4.78, 5) is 0. The molecular formula is C13H31N3O2S. The molecule has 0 amide bonds. The number of nitrogens with one attached hydrogen (secondary N) is 2. The van der Waals surface area contributed by atoms with Crippen LogP contribution in [0, 0.1) is 11.8 Å². The molecule has 0 saturated carbocycles. The van der Waals surface area contributed by atoms with Crippen LogP contribution in [0.1, 0.15) is 40.5 Å². The van der Waals surface area contributed by atoms with Crippen LogP contribution >= 0.6 is 0 Å². The summed E-state index contributed by atoms with van der Waals surface area (Å²) in [5, 5.41) is 2.93. The molecule has 0 radical (unpaired) electrons. The second-order valence-corrected chi connectivity index (χ2v) is 7.52. The predicted octanol–water partition coefficient (Wildman–Crippen LogP) is 1.43. The van der Waals surface area contributed by atoms with Gasteiger partial charge in [0.25, 0.3) is 10.2 Å². The Morgan fingerprint density at radius 2 is 1.42 bits per heavy atom. The summed E-state index contributed by atoms with van der Waals surface area (Å²) in [7, 11) is -1.53. The first kappa shape index (κ1) is 18.8. The lowest BCUT2D eigenvalue weighted by molar-refractivity contribution is 0.352. The normalized spacial score (nSPS) is 12.8. The third kappa shape index (κ3) is 9.38. The predicted molar refractivity (Wildman–Crippen MR) is 81.3 cm³/mol. The molecule has 5 nitrogen and oxygen atoms in total. The van der Waals surface area contributed by atoms with Gasteiger partial charge >= 0.3 is 0 Å². The van der Waals surface area contributed by atoms with E-state index >= 15 is 0 Å². The Labute approximate surface area is 119 Å². The van der Waals surface area contributed by atoms with Crippen molar-refractivity contribution in [1.82, 2.24) is 14.3 Å². The van der Waals surface area contributed by atoms with Crippen LogP contribution in [0.5, 0.6) is 0 Å². The van der Waals surface area contributed by atoms with Gasteiger partial charge in [-0.15, -0.1) is 0 Å². The maximum Gasteiger partial charge on any atom is 0.279 e. The molecule has 0 fully saturated rings. The Bertz CT molecular complexity index is 304. The van der Waals surface area contributed by atoms with Crippen LogP contribution in [0.15, 0.2) is 0 Å². The SMILES string of the molecule is CNCCNS(=O)(=O)N(CCC(C)C)CCC(C)C. The molecule has 0 rings (SSSR count). The van der Waals surface area contributed by atoms with E-state index in [-0.39, 0.29) is 0 Å². The minimum absolute atomic E-state index is 0.429. The van der Waals surface area contributed by atoms with Crippen LogP contribution in [-0.4, -0.2) is 45.9 Å². The van der Waals surface area contributed by atoms with E-state index in [1.807, 2.05) is 7.05 Å². The van der Waals surface area contributed by atoms with Crippen molar-refractivity contribution in [3.8, 4) is 0 Å². The molecule has 2 N–H and O–H groups in total. The maximum atomic E-state index is 12.2. The maximum absolute atomic E-state index is 12.2. The molecule has 19 heavy (non-hydrogen) atoms. The van der Waals surface area contributed by atoms with Crippen molar-refractivity contribution in [2.45, 2.75) is 40.5 Å². The van der Waals surface area contributed by atoms with Crippen LogP contribution in [-0.2, 0) is 10.2 Å². The van der Waals surface area contributed by atoms with E-state index < -0.39 is 10.2 Å². The standard InChI is InChI=1S/C13H31N3O2S/c1-12(2)6-10-16(11-7-13(3)4)19(17,18)15-9-8-14-5/h12-15H,6-11H2,1-5H3. The van der Waals surface area contributed by atoms with E-state index in [2.05, 4.69) is 37.7 Å². The monoisotopic (exact) mass is 293 g/mol. The van der Waals surface area contributed by atoms with Gasteiger partial charge in [-0.2, -0.15) is 12.7 Å². The van der Waals surface area contributed by atoms with Gasteiger partial charge in [0.15, 0.2) is 0 Å². The largest absolute Gasteiger partial charge is 0.318 e. The molecule has 116 valence electrons. The van der Waals surface area contributed by atoms with Gasteiger partial charge in [-0.3, -0.25) is 0 Å². The van der Waals surface area contributed by atoms with Gasteiger partial charge in [-0.1, -0.05) is 27.7 Å². The van der Waals surface area contributed by atoms with E-state index in [0.717, 1.165) is 12.8 Å². The Kier molecular flexibility index (Phi) is 9.60. The topological polar surface area (TPSA) is 61.4 Å². The van der Waals surface area contributed by atoms with Crippen LogP contribution < -0.4 is 10.0 Å². The summed E-state index contributed by atoms with van der Waals surface area (Å²) in [6.45, 7) is 10.7. The Hall–Kier alpha value is -0.170. The molecule has 0 heterocycles. The van der Waals surface area contributed by atoms with Crippen molar-refractivity contribution < 1.29 is 8.42 Å². The van der Waals surface area contributed by atoms with E-state index in [9.17, 15) is 8.42 Å². The molecule has 0 aliphatic heterocycles. The Balaban J connectivity index is 4.50. The highest BCUT2D eigenvalue weighted by Gasteiger charge is 2.21. The highest BCUT2D eigenvalue weighted by Crippen LogP contribution is 2.09. The Morgan fingerprint density at radius 3 is 1.79 bits per heavy atom. The fourth-order valence-corrected chi connectivity index (χ4v) is 2.79. The fraction of sp³-hybridized carbons (Fsp3) is 1.00. The second-order valence-electron chi connectivity index (χ2n) is 5.77. The lowest BCUT2D eigenvalue weighted by atomic mass is 10.1. The first-order valence-electron chi connectivity index (χ1n) is 7.19. The number of hydrogen-bond donors (Lipinski definition) is 2. The van der Waals surface area contributed by atoms with Crippen molar-refractivity contribution in [2.24, 2.45) is 11.8 Å². The van der Waals surface area contributed by atoms with E-state index in [1.165, 1.54) is 0 Å². The third-order valence-electron chi connectivity index (χ3n) is 2.91. The zero-order valence-corrected chi connectivity index (χ0v) is 13.9. The second kappa shape index (κ2) is 9.69. The lowest BCUT2D eigenvalue weighted by Crippen LogP contribution is -2.44. The molecule has 0 bridgehead atoms. The highest BCUT2D eigenvalue weighted by atomic mass is 32.2. The number of hydrogen-bond acceptors (Lipinski definition) is 3. The summed E-state index contributed by atoms with van der Waals surface area (Å²) in [6, 6.07) is 0. The fourth-order valence-electron chi connectivity index (χ4n) is 1.55. The van der Waals surface area contributed by atoms with Gasteiger partial charge in [0.05, 0.1) is 0 Å². The number of likely N-dealkylation sites (N-methyl/N-ethyl adjacent to an activating group) is 1. The molecule has 6 heteroatoms. The summed E-state index contributed by atoms with van der Waals surface area (Å²) in [5.74, 6) is 1.02. The molecule has 0 spiro atoms. The molecule has 0 aromatic carbocycles. The molecule has 0 aliphatic rings. The van der Waals surface area contributed by atoms with Gasteiger partial charge < -0.3 is 5.32 Å². The van der Waals surface area contributed by atoms with Gasteiger partial charge in [0, 0.05) is 26.2 Å². The highest BCUT2D eigenvalue weighted by molar-refractivity contribution is 7.87. The quantitative estimate of drug-likeness (QED) is 0.567. The summed E-state index contributed by atoms with van der Waals surface area (Å²) in [6.07, 6.45) is 1.79. The molecule has 0 atom stereocenters.